The monoisotopic (exact) mass is 347 g/mol. The van der Waals surface area contributed by atoms with Crippen LogP contribution in [0.3, 0.4) is 0 Å². The number of pyridine rings is 1. The Labute approximate surface area is 154 Å². The lowest BCUT2D eigenvalue weighted by Gasteiger charge is -2.19. The summed E-state index contributed by atoms with van der Waals surface area (Å²) in [6, 6.07) is 18.0. The molecule has 26 heavy (non-hydrogen) atoms. The summed E-state index contributed by atoms with van der Waals surface area (Å²) in [5, 5.41) is 7.34. The fourth-order valence-corrected chi connectivity index (χ4v) is 2.83. The first-order valence-corrected chi connectivity index (χ1v) is 8.91. The Bertz CT molecular complexity index is 890. The zero-order valence-corrected chi connectivity index (χ0v) is 15.5. The molecule has 0 aliphatic carbocycles. The molecule has 1 amide bonds. The predicted molar refractivity (Wildman–Crippen MR) is 109 cm³/mol. The van der Waals surface area contributed by atoms with Crippen LogP contribution in [-0.4, -0.2) is 17.4 Å². The number of nitrogens with one attached hydrogen (secondary N) is 2. The molecule has 4 heteroatoms. The lowest BCUT2D eigenvalue weighted by molar-refractivity contribution is -0.115. The maximum Gasteiger partial charge on any atom is 0.226 e. The van der Waals surface area contributed by atoms with Crippen molar-refractivity contribution in [3.8, 4) is 0 Å². The van der Waals surface area contributed by atoms with Crippen molar-refractivity contribution >= 4 is 28.2 Å². The molecule has 0 unspecified atom stereocenters. The lowest BCUT2D eigenvalue weighted by atomic mass is 9.87. The summed E-state index contributed by atoms with van der Waals surface area (Å²) in [5.74, 6) is -0.00537. The van der Waals surface area contributed by atoms with Crippen molar-refractivity contribution < 1.29 is 4.79 Å². The van der Waals surface area contributed by atoms with E-state index in [-0.39, 0.29) is 11.3 Å². The second-order valence-corrected chi connectivity index (χ2v) is 7.43. The van der Waals surface area contributed by atoms with E-state index in [0.29, 0.717) is 13.0 Å². The summed E-state index contributed by atoms with van der Waals surface area (Å²) in [7, 11) is 0. The summed E-state index contributed by atoms with van der Waals surface area (Å²) in [6.45, 7) is 7.08. The molecule has 0 aliphatic rings. The maximum atomic E-state index is 12.2. The summed E-state index contributed by atoms with van der Waals surface area (Å²) in [5.41, 5.74) is 4.06. The number of rotatable bonds is 5. The average molecular weight is 347 g/mol. The minimum atomic E-state index is -0.00537. The van der Waals surface area contributed by atoms with E-state index in [1.165, 1.54) is 5.56 Å². The number of para-hydroxylation sites is 1. The number of aromatic nitrogens is 1. The van der Waals surface area contributed by atoms with Gasteiger partial charge in [0.25, 0.3) is 0 Å². The molecule has 2 N–H and O–H groups in total. The van der Waals surface area contributed by atoms with Gasteiger partial charge in [-0.3, -0.25) is 9.78 Å². The van der Waals surface area contributed by atoms with Gasteiger partial charge >= 0.3 is 0 Å². The number of fused-ring (bicyclic) bond motifs is 1. The molecule has 1 heterocycles. The van der Waals surface area contributed by atoms with E-state index in [9.17, 15) is 4.79 Å². The number of hydrogen-bond acceptors (Lipinski definition) is 3. The van der Waals surface area contributed by atoms with E-state index < -0.39 is 0 Å². The van der Waals surface area contributed by atoms with Gasteiger partial charge in [-0.2, -0.15) is 0 Å². The zero-order valence-electron chi connectivity index (χ0n) is 15.5. The van der Waals surface area contributed by atoms with Gasteiger partial charge in [0.2, 0.25) is 5.91 Å². The van der Waals surface area contributed by atoms with Gasteiger partial charge in [0.15, 0.2) is 0 Å². The van der Waals surface area contributed by atoms with Crippen molar-refractivity contribution in [1.82, 2.24) is 4.98 Å². The van der Waals surface area contributed by atoms with E-state index in [4.69, 9.17) is 0 Å². The van der Waals surface area contributed by atoms with Crippen LogP contribution in [0.4, 0.5) is 11.4 Å². The molecule has 3 aromatic rings. The van der Waals surface area contributed by atoms with Crippen molar-refractivity contribution in [2.75, 3.05) is 17.2 Å². The topological polar surface area (TPSA) is 54.0 Å². The van der Waals surface area contributed by atoms with Gasteiger partial charge in [0.1, 0.15) is 0 Å². The first kappa shape index (κ1) is 17.9. The van der Waals surface area contributed by atoms with Crippen LogP contribution in [0.25, 0.3) is 10.9 Å². The van der Waals surface area contributed by atoms with Gasteiger partial charge in [-0.05, 0) is 35.2 Å². The SMILES string of the molecule is CC(C)(C)c1ccc(NC(=O)CCNc2cccc3cccnc23)cc1. The Morgan fingerprint density at radius 2 is 1.73 bits per heavy atom. The standard InChI is InChI=1S/C22H25N3O/c1-22(2,3)17-9-11-18(12-10-17)25-20(26)13-15-23-19-8-4-6-16-7-5-14-24-21(16)19/h4-12,14,23H,13,15H2,1-3H3,(H,25,26). The minimum absolute atomic E-state index is 0.00537. The van der Waals surface area contributed by atoms with Gasteiger partial charge in [-0.15, -0.1) is 0 Å². The molecule has 0 atom stereocenters. The Kier molecular flexibility index (Phi) is 5.21. The van der Waals surface area contributed by atoms with Crippen LogP contribution < -0.4 is 10.6 Å². The third-order valence-corrected chi connectivity index (χ3v) is 4.33. The number of benzene rings is 2. The van der Waals surface area contributed by atoms with Crippen LogP contribution in [0.5, 0.6) is 0 Å². The van der Waals surface area contributed by atoms with E-state index in [0.717, 1.165) is 22.3 Å². The molecule has 2 aromatic carbocycles. The summed E-state index contributed by atoms with van der Waals surface area (Å²) < 4.78 is 0. The van der Waals surface area contributed by atoms with Crippen LogP contribution >= 0.6 is 0 Å². The van der Waals surface area contributed by atoms with E-state index in [1.807, 2.05) is 42.5 Å². The highest BCUT2D eigenvalue weighted by atomic mass is 16.1. The zero-order chi connectivity index (χ0) is 18.6. The number of amides is 1. The Hall–Kier alpha value is -2.88. The maximum absolute atomic E-state index is 12.2. The lowest BCUT2D eigenvalue weighted by Crippen LogP contribution is -2.17. The molecule has 0 fully saturated rings. The number of nitrogens with zero attached hydrogens (tertiary/aromatic N) is 1. The molecule has 0 aliphatic heterocycles. The molecule has 4 nitrogen and oxygen atoms in total. The normalized spacial score (nSPS) is 11.3. The first-order valence-electron chi connectivity index (χ1n) is 8.91. The third-order valence-electron chi connectivity index (χ3n) is 4.33. The average Bonchev–Trinajstić information content (AvgIpc) is 2.61. The summed E-state index contributed by atoms with van der Waals surface area (Å²) in [6.07, 6.45) is 2.17. The molecule has 0 saturated heterocycles. The predicted octanol–water partition coefficient (Wildman–Crippen LogP) is 4.97. The minimum Gasteiger partial charge on any atom is -0.383 e. The first-order chi connectivity index (χ1) is 12.4. The highest BCUT2D eigenvalue weighted by Crippen LogP contribution is 2.23. The van der Waals surface area contributed by atoms with Gasteiger partial charge in [0.05, 0.1) is 11.2 Å². The number of carbonyl (C=O) groups is 1. The van der Waals surface area contributed by atoms with Crippen molar-refractivity contribution in [2.45, 2.75) is 32.6 Å². The quantitative estimate of drug-likeness (QED) is 0.685. The van der Waals surface area contributed by atoms with Crippen molar-refractivity contribution in [2.24, 2.45) is 0 Å². The highest BCUT2D eigenvalue weighted by molar-refractivity contribution is 5.92. The van der Waals surface area contributed by atoms with Gasteiger partial charge in [0, 0.05) is 30.2 Å². The number of carbonyl (C=O) groups excluding carboxylic acids is 1. The molecule has 134 valence electrons. The summed E-state index contributed by atoms with van der Waals surface area (Å²) >= 11 is 0. The van der Waals surface area contributed by atoms with Crippen LogP contribution in [-0.2, 0) is 10.2 Å². The Morgan fingerprint density at radius 1 is 1.00 bits per heavy atom. The van der Waals surface area contributed by atoms with E-state index in [2.05, 4.69) is 48.5 Å². The van der Waals surface area contributed by atoms with Crippen molar-refractivity contribution in [1.29, 1.82) is 0 Å². The van der Waals surface area contributed by atoms with Crippen LogP contribution in [0.15, 0.2) is 60.8 Å². The Balaban J connectivity index is 1.54. The van der Waals surface area contributed by atoms with E-state index >= 15 is 0 Å². The molecule has 0 radical (unpaired) electrons. The number of hydrogen-bond donors (Lipinski definition) is 2. The second-order valence-electron chi connectivity index (χ2n) is 7.43. The molecule has 1 aromatic heterocycles. The molecule has 0 bridgehead atoms. The second kappa shape index (κ2) is 7.56. The summed E-state index contributed by atoms with van der Waals surface area (Å²) in [4.78, 5) is 16.6. The largest absolute Gasteiger partial charge is 0.383 e. The third kappa shape index (κ3) is 4.39. The van der Waals surface area contributed by atoms with Gasteiger partial charge in [-0.1, -0.05) is 51.1 Å². The van der Waals surface area contributed by atoms with Crippen LogP contribution in [0.2, 0.25) is 0 Å². The van der Waals surface area contributed by atoms with E-state index in [1.54, 1.807) is 6.20 Å². The van der Waals surface area contributed by atoms with Crippen LogP contribution in [0, 0.1) is 0 Å². The molecular formula is C22H25N3O. The fourth-order valence-electron chi connectivity index (χ4n) is 2.83. The molecular weight excluding hydrogens is 322 g/mol. The highest BCUT2D eigenvalue weighted by Gasteiger charge is 2.13. The molecule has 0 spiro atoms. The fraction of sp³-hybridized carbons (Fsp3) is 0.273. The van der Waals surface area contributed by atoms with Gasteiger partial charge in [-0.25, -0.2) is 0 Å². The van der Waals surface area contributed by atoms with Gasteiger partial charge < -0.3 is 10.6 Å². The smallest absolute Gasteiger partial charge is 0.226 e. The molecule has 0 saturated carbocycles. The Morgan fingerprint density at radius 3 is 2.46 bits per heavy atom. The molecule has 3 rings (SSSR count). The van der Waals surface area contributed by atoms with Crippen LogP contribution in [0.1, 0.15) is 32.8 Å². The van der Waals surface area contributed by atoms with Crippen molar-refractivity contribution in [3.63, 3.8) is 0 Å². The number of anilines is 2. The van der Waals surface area contributed by atoms with Crippen molar-refractivity contribution in [3.05, 3.63) is 66.4 Å².